The molecular formula is C20H26N8O6. The zero-order valence-corrected chi connectivity index (χ0v) is 18.9. The molecular weight excluding hydrogens is 448 g/mol. The summed E-state index contributed by atoms with van der Waals surface area (Å²) in [5.41, 5.74) is -0.172. The van der Waals surface area contributed by atoms with Crippen LogP contribution in [0, 0.1) is 0 Å². The lowest BCUT2D eigenvalue weighted by Crippen LogP contribution is -2.55. The van der Waals surface area contributed by atoms with Crippen LogP contribution in [0.25, 0.3) is 0 Å². The summed E-state index contributed by atoms with van der Waals surface area (Å²) in [6.45, 7) is 4.96. The molecule has 0 saturated carbocycles. The lowest BCUT2D eigenvalue weighted by Gasteiger charge is -2.29. The molecule has 14 nitrogen and oxygen atoms in total. The van der Waals surface area contributed by atoms with Crippen LogP contribution in [0.5, 0.6) is 0 Å². The number of ether oxygens (including phenoxy) is 1. The Morgan fingerprint density at radius 2 is 2.09 bits per heavy atom. The van der Waals surface area contributed by atoms with Crippen LogP contribution in [0.15, 0.2) is 18.3 Å². The van der Waals surface area contributed by atoms with E-state index in [4.69, 9.17) is 9.84 Å². The molecule has 0 bridgehead atoms. The Morgan fingerprint density at radius 3 is 2.74 bits per heavy atom. The minimum atomic E-state index is -1.26. The molecule has 182 valence electrons. The van der Waals surface area contributed by atoms with Crippen LogP contribution in [0.4, 0.5) is 10.6 Å². The van der Waals surface area contributed by atoms with E-state index in [-0.39, 0.29) is 37.4 Å². The highest BCUT2D eigenvalue weighted by atomic mass is 16.6. The molecule has 1 aliphatic rings. The second-order valence-corrected chi connectivity index (χ2v) is 8.59. The minimum absolute atomic E-state index is 0.0176. The van der Waals surface area contributed by atoms with Gasteiger partial charge in [0.25, 0.3) is 5.91 Å². The van der Waals surface area contributed by atoms with Crippen molar-refractivity contribution in [2.75, 3.05) is 4.90 Å². The van der Waals surface area contributed by atoms with Gasteiger partial charge in [-0.1, -0.05) is 11.3 Å². The summed E-state index contributed by atoms with van der Waals surface area (Å²) < 4.78 is 5.23. The summed E-state index contributed by atoms with van der Waals surface area (Å²) in [6.07, 6.45) is 0.194. The Balaban J connectivity index is 1.84. The Hall–Kier alpha value is -4.10. The van der Waals surface area contributed by atoms with Crippen LogP contribution in [0.2, 0.25) is 0 Å². The first kappa shape index (κ1) is 24.5. The Morgan fingerprint density at radius 1 is 1.32 bits per heavy atom. The standard InChI is InChI=1S/C20H26N8O6/c1-20(2,3)34-19(33)23-12(6-7-15(29)30)18(32)28-13(9-11-5-4-8-21-16(11)28)17(31)22-10-14-24-26-27-25-14/h4-5,8,12-13H,6-7,9-10H2,1-3H3,(H,22,31)(H,23,33)(H,29,30)(H,24,25,26,27)/t12?,13-/m0/s1. The first-order valence-electron chi connectivity index (χ1n) is 10.5. The van der Waals surface area contributed by atoms with Gasteiger partial charge in [0.2, 0.25) is 5.91 Å². The molecule has 2 atom stereocenters. The van der Waals surface area contributed by atoms with Gasteiger partial charge < -0.3 is 20.5 Å². The van der Waals surface area contributed by atoms with E-state index in [2.05, 4.69) is 36.2 Å². The molecule has 1 unspecified atom stereocenters. The first-order chi connectivity index (χ1) is 16.0. The number of hydrogen-bond donors (Lipinski definition) is 4. The van der Waals surface area contributed by atoms with E-state index in [0.717, 1.165) is 0 Å². The quantitative estimate of drug-likeness (QED) is 0.402. The number of carboxylic acid groups (broad SMARTS) is 1. The van der Waals surface area contributed by atoms with Gasteiger partial charge in [0.15, 0.2) is 5.82 Å². The minimum Gasteiger partial charge on any atom is -0.481 e. The number of aromatic amines is 1. The van der Waals surface area contributed by atoms with Crippen molar-refractivity contribution in [2.24, 2.45) is 0 Å². The maximum Gasteiger partial charge on any atom is 0.408 e. The Labute approximate surface area is 194 Å². The summed E-state index contributed by atoms with van der Waals surface area (Å²) in [6, 6.07) is 1.19. The van der Waals surface area contributed by atoms with Crippen molar-refractivity contribution in [2.45, 2.75) is 64.3 Å². The van der Waals surface area contributed by atoms with Crippen molar-refractivity contribution in [1.29, 1.82) is 0 Å². The lowest BCUT2D eigenvalue weighted by molar-refractivity contribution is -0.137. The number of hydrogen-bond acceptors (Lipinski definition) is 9. The van der Waals surface area contributed by atoms with Crippen LogP contribution in [-0.2, 0) is 32.1 Å². The van der Waals surface area contributed by atoms with Gasteiger partial charge in [-0.2, -0.15) is 5.21 Å². The molecule has 34 heavy (non-hydrogen) atoms. The van der Waals surface area contributed by atoms with Crippen LogP contribution < -0.4 is 15.5 Å². The first-order valence-corrected chi connectivity index (χ1v) is 10.5. The number of anilines is 1. The molecule has 14 heteroatoms. The van der Waals surface area contributed by atoms with E-state index < -0.39 is 41.6 Å². The number of rotatable bonds is 8. The van der Waals surface area contributed by atoms with E-state index in [0.29, 0.717) is 5.56 Å². The highest BCUT2D eigenvalue weighted by Gasteiger charge is 2.42. The smallest absolute Gasteiger partial charge is 0.408 e. The van der Waals surface area contributed by atoms with Gasteiger partial charge in [-0.25, -0.2) is 9.78 Å². The zero-order chi connectivity index (χ0) is 24.9. The highest BCUT2D eigenvalue weighted by molar-refractivity contribution is 6.05. The molecule has 0 aromatic carbocycles. The SMILES string of the molecule is CC(C)(C)OC(=O)NC(CCC(=O)O)C(=O)N1c2ncccc2C[C@H]1C(=O)NCc1nn[nH]n1. The third-order valence-corrected chi connectivity index (χ3v) is 4.81. The second-order valence-electron chi connectivity index (χ2n) is 8.59. The number of nitrogens with one attached hydrogen (secondary N) is 3. The number of alkyl carbamates (subject to hydrolysis) is 1. The van der Waals surface area contributed by atoms with Crippen molar-refractivity contribution in [3.63, 3.8) is 0 Å². The molecule has 3 rings (SSSR count). The third-order valence-electron chi connectivity index (χ3n) is 4.81. The average molecular weight is 474 g/mol. The van der Waals surface area contributed by atoms with E-state index in [1.165, 1.54) is 11.1 Å². The lowest BCUT2D eigenvalue weighted by atomic mass is 10.1. The monoisotopic (exact) mass is 474 g/mol. The molecule has 3 amide bonds. The number of H-pyrrole nitrogens is 1. The maximum atomic E-state index is 13.6. The van der Waals surface area contributed by atoms with Crippen molar-refractivity contribution in [3.8, 4) is 0 Å². The topological polar surface area (TPSA) is 192 Å². The molecule has 4 N–H and O–H groups in total. The molecule has 2 aromatic rings. The molecule has 3 heterocycles. The number of amides is 3. The number of fused-ring (bicyclic) bond motifs is 1. The van der Waals surface area contributed by atoms with Crippen molar-refractivity contribution in [1.82, 2.24) is 36.2 Å². The molecule has 2 aromatic heterocycles. The zero-order valence-electron chi connectivity index (χ0n) is 18.9. The third kappa shape index (κ3) is 6.24. The van der Waals surface area contributed by atoms with Gasteiger partial charge in [-0.15, -0.1) is 10.2 Å². The molecule has 0 spiro atoms. The van der Waals surface area contributed by atoms with Gasteiger partial charge in [0.1, 0.15) is 23.5 Å². The van der Waals surface area contributed by atoms with Crippen molar-refractivity contribution >= 4 is 29.7 Å². The summed E-state index contributed by atoms with van der Waals surface area (Å²) >= 11 is 0. The molecule has 0 fully saturated rings. The largest absolute Gasteiger partial charge is 0.481 e. The number of carboxylic acids is 1. The van der Waals surface area contributed by atoms with E-state index >= 15 is 0 Å². The average Bonchev–Trinajstić information content (AvgIpc) is 3.40. The number of aromatic nitrogens is 5. The number of pyridine rings is 1. The fourth-order valence-electron chi connectivity index (χ4n) is 3.41. The summed E-state index contributed by atoms with van der Waals surface area (Å²) in [5, 5.41) is 27.5. The molecule has 0 radical (unpaired) electrons. The molecule has 0 saturated heterocycles. The number of carbonyl (C=O) groups is 4. The predicted molar refractivity (Wildman–Crippen MR) is 115 cm³/mol. The van der Waals surface area contributed by atoms with Crippen LogP contribution in [0.1, 0.15) is 45.0 Å². The van der Waals surface area contributed by atoms with E-state index in [9.17, 15) is 19.2 Å². The fourth-order valence-corrected chi connectivity index (χ4v) is 3.41. The van der Waals surface area contributed by atoms with E-state index in [1.807, 2.05) is 0 Å². The Kier molecular flexibility index (Phi) is 7.38. The van der Waals surface area contributed by atoms with E-state index in [1.54, 1.807) is 32.9 Å². The number of aliphatic carboxylic acids is 1. The van der Waals surface area contributed by atoms with Crippen LogP contribution in [-0.4, -0.2) is 72.3 Å². The van der Waals surface area contributed by atoms with Crippen LogP contribution >= 0.6 is 0 Å². The predicted octanol–water partition coefficient (Wildman–Crippen LogP) is -0.0731. The van der Waals surface area contributed by atoms with Gasteiger partial charge in [0.05, 0.1) is 6.54 Å². The number of tetrazole rings is 1. The fraction of sp³-hybridized carbons (Fsp3) is 0.500. The second kappa shape index (κ2) is 10.2. The van der Waals surface area contributed by atoms with Gasteiger partial charge >= 0.3 is 12.1 Å². The molecule has 1 aliphatic heterocycles. The van der Waals surface area contributed by atoms with Crippen LogP contribution in [0.3, 0.4) is 0 Å². The summed E-state index contributed by atoms with van der Waals surface area (Å²) in [4.78, 5) is 55.5. The van der Waals surface area contributed by atoms with Crippen molar-refractivity contribution in [3.05, 3.63) is 29.7 Å². The number of nitrogens with zero attached hydrogens (tertiary/aromatic N) is 5. The van der Waals surface area contributed by atoms with Gasteiger partial charge in [-0.05, 0) is 38.8 Å². The highest BCUT2D eigenvalue weighted by Crippen LogP contribution is 2.31. The Bertz CT molecular complexity index is 1050. The normalized spacial score (nSPS) is 15.9. The maximum absolute atomic E-state index is 13.6. The van der Waals surface area contributed by atoms with Crippen molar-refractivity contribution < 1.29 is 29.0 Å². The van der Waals surface area contributed by atoms with Gasteiger partial charge in [0, 0.05) is 19.0 Å². The summed E-state index contributed by atoms with van der Waals surface area (Å²) in [7, 11) is 0. The molecule has 0 aliphatic carbocycles. The number of carbonyl (C=O) groups excluding carboxylic acids is 3. The summed E-state index contributed by atoms with van der Waals surface area (Å²) in [5.74, 6) is -1.79. The van der Waals surface area contributed by atoms with Gasteiger partial charge in [-0.3, -0.25) is 19.3 Å².